The number of carbonyl (C=O) groups excluding carboxylic acids is 1. The van der Waals surface area contributed by atoms with Crippen molar-refractivity contribution in [3.8, 4) is 5.75 Å². The van der Waals surface area contributed by atoms with Crippen molar-refractivity contribution in [3.63, 3.8) is 0 Å². The van der Waals surface area contributed by atoms with E-state index in [0.29, 0.717) is 37.3 Å². The van der Waals surface area contributed by atoms with Gasteiger partial charge in [0.25, 0.3) is 0 Å². The summed E-state index contributed by atoms with van der Waals surface area (Å²) in [4.78, 5) is 25.4. The van der Waals surface area contributed by atoms with Crippen LogP contribution in [0.25, 0.3) is 0 Å². The van der Waals surface area contributed by atoms with Crippen LogP contribution in [0.5, 0.6) is 5.75 Å². The van der Waals surface area contributed by atoms with Gasteiger partial charge in [-0.3, -0.25) is 4.79 Å². The highest BCUT2D eigenvalue weighted by Gasteiger charge is 2.32. The summed E-state index contributed by atoms with van der Waals surface area (Å²) in [6.45, 7) is 6.42. The van der Waals surface area contributed by atoms with Gasteiger partial charge in [0.2, 0.25) is 5.91 Å². The highest BCUT2D eigenvalue weighted by Crippen LogP contribution is 2.37. The number of likely N-dealkylation sites (N-methyl/N-ethyl adjacent to an activating group) is 2. The number of rotatable bonds is 7. The summed E-state index contributed by atoms with van der Waals surface area (Å²) in [6.07, 6.45) is 4.81. The highest BCUT2D eigenvalue weighted by atomic mass is 19.1. The molecule has 7 heteroatoms. The van der Waals surface area contributed by atoms with Crippen molar-refractivity contribution in [2.45, 2.75) is 48.0 Å². The maximum absolute atomic E-state index is 12.9. The molecule has 6 nitrogen and oxygen atoms in total. The predicted molar refractivity (Wildman–Crippen MR) is 123 cm³/mol. The van der Waals surface area contributed by atoms with Gasteiger partial charge in [0.1, 0.15) is 23.1 Å². The quantitative estimate of drug-likeness (QED) is 0.636. The number of fused-ring (bicyclic) bond motifs is 1. The molecule has 4 rings (SSSR count). The number of hydrogen-bond donors (Lipinski definition) is 0. The van der Waals surface area contributed by atoms with Crippen molar-refractivity contribution in [1.82, 2.24) is 9.97 Å². The van der Waals surface area contributed by atoms with Gasteiger partial charge in [-0.05, 0) is 62.8 Å². The molecule has 1 aromatic carbocycles. The van der Waals surface area contributed by atoms with Crippen LogP contribution in [0.2, 0.25) is 0 Å². The van der Waals surface area contributed by atoms with Gasteiger partial charge in [-0.15, -0.1) is 0 Å². The Balaban J connectivity index is 0.00000171. The molecule has 0 saturated heterocycles. The normalized spacial score (nSPS) is 19.6. The van der Waals surface area contributed by atoms with E-state index >= 15 is 0 Å². The number of nitrogens with zero attached hydrogens (tertiary/aromatic N) is 4. The molecular weight excluding hydrogens is 395 g/mol. The molecule has 1 aliphatic heterocycles. The van der Waals surface area contributed by atoms with Crippen molar-refractivity contribution >= 4 is 17.4 Å². The third-order valence-corrected chi connectivity index (χ3v) is 5.82. The number of anilines is 2. The van der Waals surface area contributed by atoms with Gasteiger partial charge in [-0.1, -0.05) is 14.9 Å². The van der Waals surface area contributed by atoms with Gasteiger partial charge in [0.15, 0.2) is 5.82 Å². The van der Waals surface area contributed by atoms with Gasteiger partial charge in [-0.25, -0.2) is 14.4 Å². The topological polar surface area (TPSA) is 58.6 Å². The molecule has 1 fully saturated rings. The van der Waals surface area contributed by atoms with Crippen LogP contribution < -0.4 is 14.5 Å². The summed E-state index contributed by atoms with van der Waals surface area (Å²) in [5, 5.41) is 0. The van der Waals surface area contributed by atoms with Crippen LogP contribution in [0.4, 0.5) is 15.9 Å². The van der Waals surface area contributed by atoms with Crippen molar-refractivity contribution in [2.75, 3.05) is 36.0 Å². The van der Waals surface area contributed by atoms with Gasteiger partial charge >= 0.3 is 0 Å². The number of ether oxygens (including phenoxy) is 1. The molecule has 0 radical (unpaired) electrons. The van der Waals surface area contributed by atoms with E-state index in [1.165, 1.54) is 12.1 Å². The minimum Gasteiger partial charge on any atom is -0.493 e. The van der Waals surface area contributed by atoms with Gasteiger partial charge in [0, 0.05) is 19.5 Å². The predicted octanol–water partition coefficient (Wildman–Crippen LogP) is 4.73. The molecule has 2 aliphatic rings. The minimum absolute atomic E-state index is 0. The number of benzene rings is 1. The van der Waals surface area contributed by atoms with Crippen LogP contribution in [0.1, 0.15) is 47.4 Å². The van der Waals surface area contributed by atoms with E-state index in [-0.39, 0.29) is 26.6 Å². The van der Waals surface area contributed by atoms with Crippen LogP contribution in [0, 0.1) is 17.7 Å². The second kappa shape index (κ2) is 10.6. The summed E-state index contributed by atoms with van der Waals surface area (Å²) < 4.78 is 18.7. The Labute approximate surface area is 185 Å². The van der Waals surface area contributed by atoms with Gasteiger partial charge < -0.3 is 14.5 Å². The van der Waals surface area contributed by atoms with Crippen LogP contribution >= 0.6 is 0 Å². The van der Waals surface area contributed by atoms with Crippen LogP contribution in [0.15, 0.2) is 30.5 Å². The molecule has 1 aliphatic carbocycles. The van der Waals surface area contributed by atoms with Crippen LogP contribution in [0.3, 0.4) is 0 Å². The molecule has 2 heterocycles. The summed E-state index contributed by atoms with van der Waals surface area (Å²) in [7, 11) is 0. The Kier molecular flexibility index (Phi) is 8.36. The third kappa shape index (κ3) is 5.32. The molecule has 1 saturated carbocycles. The summed E-state index contributed by atoms with van der Waals surface area (Å²) in [5.41, 5.74) is 0.813. The Morgan fingerprint density at radius 1 is 1.10 bits per heavy atom. The Morgan fingerprint density at radius 2 is 1.81 bits per heavy atom. The number of aromatic nitrogens is 2. The van der Waals surface area contributed by atoms with Crippen molar-refractivity contribution < 1.29 is 13.9 Å². The average molecular weight is 431 g/mol. The standard InChI is InChI=1S/C22H27FN4O2.2CH4/c1-3-26-13-21(28)27(4-2)19-12-24-20(25-22(19)26)11-15-9-16(10-15)14-29-18-7-5-17(23)6-8-18;;/h5-8,12,15-16H,3-4,9-11,13-14H2,1-2H3;2*1H4. The smallest absolute Gasteiger partial charge is 0.246 e. The lowest BCUT2D eigenvalue weighted by Gasteiger charge is -2.36. The molecule has 1 aromatic heterocycles. The molecule has 0 spiro atoms. The Bertz CT molecular complexity index is 868. The van der Waals surface area contributed by atoms with E-state index in [9.17, 15) is 9.18 Å². The second-order valence-electron chi connectivity index (χ2n) is 7.82. The fourth-order valence-electron chi connectivity index (χ4n) is 4.17. The van der Waals surface area contributed by atoms with Crippen LogP contribution in [-0.4, -0.2) is 42.1 Å². The molecule has 0 bridgehead atoms. The second-order valence-corrected chi connectivity index (χ2v) is 7.82. The molecule has 0 N–H and O–H groups in total. The molecule has 0 unspecified atom stereocenters. The maximum atomic E-state index is 12.9. The third-order valence-electron chi connectivity index (χ3n) is 5.82. The lowest BCUT2D eigenvalue weighted by molar-refractivity contribution is -0.117. The molecule has 0 atom stereocenters. The van der Waals surface area contributed by atoms with E-state index in [4.69, 9.17) is 9.72 Å². The zero-order valence-corrected chi connectivity index (χ0v) is 17.0. The van der Waals surface area contributed by atoms with E-state index < -0.39 is 0 Å². The lowest BCUT2D eigenvalue weighted by atomic mass is 9.73. The van der Waals surface area contributed by atoms with Crippen molar-refractivity contribution in [3.05, 3.63) is 42.1 Å². The number of halogens is 1. The fourth-order valence-corrected chi connectivity index (χ4v) is 4.17. The summed E-state index contributed by atoms with van der Waals surface area (Å²) in [5.74, 6) is 3.34. The lowest BCUT2D eigenvalue weighted by Crippen LogP contribution is -2.46. The van der Waals surface area contributed by atoms with E-state index in [1.807, 2.05) is 18.7 Å². The molecule has 1 amide bonds. The van der Waals surface area contributed by atoms with Crippen molar-refractivity contribution in [2.24, 2.45) is 11.8 Å². The monoisotopic (exact) mass is 430 g/mol. The summed E-state index contributed by atoms with van der Waals surface area (Å²) >= 11 is 0. The first kappa shape index (κ1) is 24.6. The van der Waals surface area contributed by atoms with Gasteiger partial charge in [-0.2, -0.15) is 0 Å². The fraction of sp³-hybridized carbons (Fsp3) is 0.542. The molecule has 2 aromatic rings. The number of amides is 1. The average Bonchev–Trinajstić information content (AvgIpc) is 2.70. The zero-order chi connectivity index (χ0) is 20.4. The minimum atomic E-state index is -0.251. The van der Waals surface area contributed by atoms with E-state index in [1.54, 1.807) is 23.2 Å². The number of carbonyl (C=O) groups is 1. The molecule has 170 valence electrons. The Morgan fingerprint density at radius 3 is 2.45 bits per heavy atom. The molecular formula is C24H35FN4O2. The largest absolute Gasteiger partial charge is 0.493 e. The molecule has 31 heavy (non-hydrogen) atoms. The summed E-state index contributed by atoms with van der Waals surface area (Å²) in [6, 6.07) is 6.16. The first-order chi connectivity index (χ1) is 14.1. The first-order valence-electron chi connectivity index (χ1n) is 10.4. The zero-order valence-electron chi connectivity index (χ0n) is 17.0. The first-order valence-corrected chi connectivity index (χ1v) is 10.4. The van der Waals surface area contributed by atoms with E-state index in [0.717, 1.165) is 43.1 Å². The SMILES string of the molecule is C.C.CCN1CC(=O)N(CC)c2cnc(CC3CC(COc4ccc(F)cc4)C3)nc21. The van der Waals surface area contributed by atoms with Gasteiger partial charge in [0.05, 0.1) is 19.3 Å². The van der Waals surface area contributed by atoms with Crippen LogP contribution in [-0.2, 0) is 11.2 Å². The van der Waals surface area contributed by atoms with E-state index in [2.05, 4.69) is 4.98 Å². The maximum Gasteiger partial charge on any atom is 0.246 e. The highest BCUT2D eigenvalue weighted by molar-refractivity contribution is 6.02. The number of hydrogen-bond acceptors (Lipinski definition) is 5. The van der Waals surface area contributed by atoms with Crippen molar-refractivity contribution in [1.29, 1.82) is 0 Å². The Hall–Kier alpha value is -2.70.